The number of hydrogen-bond acceptors (Lipinski definition) is 3. The first kappa shape index (κ1) is 11.5. The highest BCUT2D eigenvalue weighted by molar-refractivity contribution is 5.80. The molecule has 0 aromatic carbocycles. The van der Waals surface area contributed by atoms with Gasteiger partial charge >= 0.3 is 0 Å². The number of nitrogens with zero attached hydrogens (tertiary/aromatic N) is 1. The summed E-state index contributed by atoms with van der Waals surface area (Å²) in [6.07, 6.45) is 2.57. The third kappa shape index (κ3) is 3.23. The summed E-state index contributed by atoms with van der Waals surface area (Å²) in [5.41, 5.74) is 5.85. The van der Waals surface area contributed by atoms with Crippen molar-refractivity contribution in [1.29, 1.82) is 0 Å². The second kappa shape index (κ2) is 5.34. The first-order valence-electron chi connectivity index (χ1n) is 5.03. The van der Waals surface area contributed by atoms with Crippen LogP contribution in [0.15, 0.2) is 18.3 Å². The SMILES string of the molecule is CCCOc1ccc(C(C)C(N)=O)nc1. The lowest BCUT2D eigenvalue weighted by molar-refractivity contribution is -0.119. The Morgan fingerprint density at radius 2 is 2.33 bits per heavy atom. The maximum Gasteiger partial charge on any atom is 0.226 e. The third-order valence-electron chi connectivity index (χ3n) is 2.10. The molecule has 0 bridgehead atoms. The van der Waals surface area contributed by atoms with E-state index < -0.39 is 0 Å². The molecule has 82 valence electrons. The van der Waals surface area contributed by atoms with E-state index in [9.17, 15) is 4.79 Å². The van der Waals surface area contributed by atoms with E-state index in [0.717, 1.165) is 12.2 Å². The molecule has 0 spiro atoms. The van der Waals surface area contributed by atoms with Gasteiger partial charge in [-0.25, -0.2) is 0 Å². The van der Waals surface area contributed by atoms with Crippen molar-refractivity contribution < 1.29 is 9.53 Å². The van der Waals surface area contributed by atoms with E-state index in [4.69, 9.17) is 10.5 Å². The van der Waals surface area contributed by atoms with E-state index in [1.54, 1.807) is 25.3 Å². The topological polar surface area (TPSA) is 65.2 Å². The number of nitrogens with two attached hydrogens (primary N) is 1. The minimum atomic E-state index is -0.371. The summed E-state index contributed by atoms with van der Waals surface area (Å²) in [5, 5.41) is 0. The van der Waals surface area contributed by atoms with Crippen LogP contribution in [0.1, 0.15) is 31.9 Å². The van der Waals surface area contributed by atoms with Crippen molar-refractivity contribution in [3.8, 4) is 5.75 Å². The van der Waals surface area contributed by atoms with Gasteiger partial charge in [-0.1, -0.05) is 6.92 Å². The standard InChI is InChI=1S/C11H16N2O2/c1-3-6-15-9-4-5-10(13-7-9)8(2)11(12)14/h4-5,7-8H,3,6H2,1-2H3,(H2,12,14). The Morgan fingerprint density at radius 3 is 2.80 bits per heavy atom. The van der Waals surface area contributed by atoms with Gasteiger partial charge in [0.1, 0.15) is 5.75 Å². The monoisotopic (exact) mass is 208 g/mol. The van der Waals surface area contributed by atoms with Gasteiger partial charge in [0.25, 0.3) is 0 Å². The van der Waals surface area contributed by atoms with Gasteiger partial charge in [-0.2, -0.15) is 0 Å². The van der Waals surface area contributed by atoms with E-state index in [1.165, 1.54) is 0 Å². The fraction of sp³-hybridized carbons (Fsp3) is 0.455. The molecule has 1 aromatic heterocycles. The molecule has 0 saturated heterocycles. The molecule has 0 aliphatic carbocycles. The largest absolute Gasteiger partial charge is 0.492 e. The van der Waals surface area contributed by atoms with Gasteiger partial charge in [-0.3, -0.25) is 9.78 Å². The Kier molecular flexibility index (Phi) is 4.09. The molecule has 15 heavy (non-hydrogen) atoms. The number of aromatic nitrogens is 1. The normalized spacial score (nSPS) is 12.1. The van der Waals surface area contributed by atoms with Crippen molar-refractivity contribution in [2.24, 2.45) is 5.73 Å². The third-order valence-corrected chi connectivity index (χ3v) is 2.10. The average Bonchev–Trinajstić information content (AvgIpc) is 2.26. The Bertz CT molecular complexity index is 322. The number of pyridine rings is 1. The molecule has 0 saturated carbocycles. The molecule has 0 aliphatic rings. The van der Waals surface area contributed by atoms with Crippen molar-refractivity contribution in [2.75, 3.05) is 6.61 Å². The van der Waals surface area contributed by atoms with Crippen molar-refractivity contribution in [2.45, 2.75) is 26.2 Å². The highest BCUT2D eigenvalue weighted by Crippen LogP contribution is 2.15. The smallest absolute Gasteiger partial charge is 0.226 e. The van der Waals surface area contributed by atoms with Gasteiger partial charge in [-0.15, -0.1) is 0 Å². The molecule has 1 unspecified atom stereocenters. The summed E-state index contributed by atoms with van der Waals surface area (Å²) < 4.78 is 5.37. The Balaban J connectivity index is 2.67. The average molecular weight is 208 g/mol. The predicted octanol–water partition coefficient (Wildman–Crippen LogP) is 1.46. The van der Waals surface area contributed by atoms with Crippen LogP contribution in [0.3, 0.4) is 0 Å². The van der Waals surface area contributed by atoms with Crippen LogP contribution in [0.2, 0.25) is 0 Å². The number of carbonyl (C=O) groups excluding carboxylic acids is 1. The lowest BCUT2D eigenvalue weighted by Crippen LogP contribution is -2.19. The summed E-state index contributed by atoms with van der Waals surface area (Å²) in [6, 6.07) is 3.57. The number of rotatable bonds is 5. The van der Waals surface area contributed by atoms with Gasteiger partial charge in [0.05, 0.1) is 24.4 Å². The van der Waals surface area contributed by atoms with E-state index in [-0.39, 0.29) is 11.8 Å². The van der Waals surface area contributed by atoms with Crippen LogP contribution in [0, 0.1) is 0 Å². The zero-order chi connectivity index (χ0) is 11.3. The van der Waals surface area contributed by atoms with E-state index in [0.29, 0.717) is 12.3 Å². The van der Waals surface area contributed by atoms with Crippen LogP contribution < -0.4 is 10.5 Å². The van der Waals surface area contributed by atoms with Crippen molar-refractivity contribution in [3.63, 3.8) is 0 Å². The molecule has 1 atom stereocenters. The Labute approximate surface area is 89.5 Å². The van der Waals surface area contributed by atoms with Crippen molar-refractivity contribution in [1.82, 2.24) is 4.98 Å². The number of carbonyl (C=O) groups is 1. The lowest BCUT2D eigenvalue weighted by atomic mass is 10.1. The van der Waals surface area contributed by atoms with Crippen LogP contribution in [0.4, 0.5) is 0 Å². The molecule has 0 fully saturated rings. The van der Waals surface area contributed by atoms with Crippen molar-refractivity contribution in [3.05, 3.63) is 24.0 Å². The van der Waals surface area contributed by atoms with E-state index in [1.807, 2.05) is 6.92 Å². The molecule has 1 rings (SSSR count). The molecule has 0 radical (unpaired) electrons. The number of primary amides is 1. The highest BCUT2D eigenvalue weighted by Gasteiger charge is 2.12. The number of ether oxygens (including phenoxy) is 1. The maximum absolute atomic E-state index is 10.9. The maximum atomic E-state index is 10.9. The molecule has 0 aliphatic heterocycles. The van der Waals surface area contributed by atoms with Gasteiger partial charge in [0, 0.05) is 0 Å². The molecule has 4 heteroatoms. The fourth-order valence-corrected chi connectivity index (χ4v) is 1.10. The second-order valence-electron chi connectivity index (χ2n) is 3.39. The van der Waals surface area contributed by atoms with Gasteiger partial charge in [0.15, 0.2) is 0 Å². The first-order valence-corrected chi connectivity index (χ1v) is 5.03. The minimum absolute atomic E-state index is 0.356. The summed E-state index contributed by atoms with van der Waals surface area (Å²) in [7, 11) is 0. The van der Waals surface area contributed by atoms with Crippen LogP contribution in [0.25, 0.3) is 0 Å². The summed E-state index contributed by atoms with van der Waals surface area (Å²) >= 11 is 0. The van der Waals surface area contributed by atoms with Crippen LogP contribution in [-0.2, 0) is 4.79 Å². The lowest BCUT2D eigenvalue weighted by Gasteiger charge is -2.08. The van der Waals surface area contributed by atoms with Crippen LogP contribution in [0.5, 0.6) is 5.75 Å². The van der Waals surface area contributed by atoms with Gasteiger partial charge in [0.2, 0.25) is 5.91 Å². The van der Waals surface area contributed by atoms with Crippen molar-refractivity contribution >= 4 is 5.91 Å². The summed E-state index contributed by atoms with van der Waals surface area (Å²) in [6.45, 7) is 4.45. The second-order valence-corrected chi connectivity index (χ2v) is 3.39. The zero-order valence-corrected chi connectivity index (χ0v) is 9.06. The van der Waals surface area contributed by atoms with E-state index >= 15 is 0 Å². The Morgan fingerprint density at radius 1 is 1.60 bits per heavy atom. The number of hydrogen-bond donors (Lipinski definition) is 1. The van der Waals surface area contributed by atoms with E-state index in [2.05, 4.69) is 4.98 Å². The quantitative estimate of drug-likeness (QED) is 0.796. The summed E-state index contributed by atoms with van der Waals surface area (Å²) in [4.78, 5) is 15.0. The fourth-order valence-electron chi connectivity index (χ4n) is 1.10. The van der Waals surface area contributed by atoms with Crippen LogP contribution >= 0.6 is 0 Å². The molecule has 2 N–H and O–H groups in total. The first-order chi connectivity index (χ1) is 7.15. The molecule has 1 aromatic rings. The van der Waals surface area contributed by atoms with Gasteiger partial charge < -0.3 is 10.5 Å². The molecule has 1 amide bonds. The predicted molar refractivity (Wildman–Crippen MR) is 57.6 cm³/mol. The molecule has 1 heterocycles. The van der Waals surface area contributed by atoms with Gasteiger partial charge in [-0.05, 0) is 25.5 Å². The summed E-state index contributed by atoms with van der Waals surface area (Å²) in [5.74, 6) is -0.00720. The Hall–Kier alpha value is -1.58. The highest BCUT2D eigenvalue weighted by atomic mass is 16.5. The zero-order valence-electron chi connectivity index (χ0n) is 9.06. The number of amides is 1. The molecular weight excluding hydrogens is 192 g/mol. The minimum Gasteiger partial charge on any atom is -0.492 e. The molecule has 4 nitrogen and oxygen atoms in total. The molecular formula is C11H16N2O2. The van der Waals surface area contributed by atoms with Crippen LogP contribution in [-0.4, -0.2) is 17.5 Å².